The number of ether oxygens (including phenoxy) is 2. The van der Waals surface area contributed by atoms with E-state index in [1.165, 1.54) is 23.5 Å². The number of hydrogen-bond donors (Lipinski definition) is 1. The smallest absolute Gasteiger partial charge is 0.387 e. The van der Waals surface area contributed by atoms with Crippen LogP contribution in [-0.4, -0.2) is 18.2 Å². The fraction of sp³-hybridized carbons (Fsp3) is 0.167. The summed E-state index contributed by atoms with van der Waals surface area (Å²) in [6.07, 6.45) is 0. The van der Waals surface area contributed by atoms with Gasteiger partial charge in [-0.3, -0.25) is 0 Å². The first kappa shape index (κ1) is 19.0. The second-order valence-corrected chi connectivity index (χ2v) is 6.31. The second-order valence-electron chi connectivity index (χ2n) is 5.45. The summed E-state index contributed by atoms with van der Waals surface area (Å²) >= 11 is 1.27. The van der Waals surface area contributed by atoms with Gasteiger partial charge >= 0.3 is 13.2 Å². The number of nitrogens with one attached hydrogen (secondary N) is 1. The number of aromatic nitrogens is 1. The predicted octanol–water partition coefficient (Wildman–Crippen LogP) is 6.06. The molecule has 9 heteroatoms. The molecule has 4 nitrogen and oxygen atoms in total. The molecular formula is C18H14F4N2O2S. The quantitative estimate of drug-likeness (QED) is 0.491. The highest BCUT2D eigenvalue weighted by Crippen LogP contribution is 2.36. The Bertz CT molecular complexity index is 918. The van der Waals surface area contributed by atoms with Gasteiger partial charge in [0.25, 0.3) is 0 Å². The Morgan fingerprint density at radius 1 is 1.00 bits per heavy atom. The van der Waals surface area contributed by atoms with Crippen LogP contribution >= 0.6 is 11.3 Å². The molecule has 27 heavy (non-hydrogen) atoms. The Labute approximate surface area is 156 Å². The molecule has 142 valence electrons. The van der Waals surface area contributed by atoms with Crippen molar-refractivity contribution >= 4 is 22.2 Å². The normalized spacial score (nSPS) is 11.1. The van der Waals surface area contributed by atoms with Crippen molar-refractivity contribution in [2.24, 2.45) is 0 Å². The minimum atomic E-state index is -3.12. The molecule has 0 atom stereocenters. The molecule has 0 unspecified atom stereocenters. The first-order valence-electron chi connectivity index (χ1n) is 7.74. The van der Waals surface area contributed by atoms with Crippen molar-refractivity contribution in [3.05, 3.63) is 53.4 Å². The van der Waals surface area contributed by atoms with Gasteiger partial charge in [-0.1, -0.05) is 12.1 Å². The number of thiazole rings is 1. The van der Waals surface area contributed by atoms with Crippen LogP contribution in [0.3, 0.4) is 0 Å². The standard InChI is InChI=1S/C18H14F4N2O2S/c1-10-3-2-4-11(7-10)23-18-24-14(9-27-18)13-6-5-12(25-16(19)20)8-15(13)26-17(21)22/h2-9,16-17H,1H3,(H,23,24). The van der Waals surface area contributed by atoms with Gasteiger partial charge in [-0.15, -0.1) is 11.3 Å². The number of hydrogen-bond acceptors (Lipinski definition) is 5. The molecule has 0 aliphatic rings. The van der Waals surface area contributed by atoms with Crippen molar-refractivity contribution < 1.29 is 27.0 Å². The van der Waals surface area contributed by atoms with E-state index in [2.05, 4.69) is 19.8 Å². The molecule has 0 bridgehead atoms. The zero-order valence-corrected chi connectivity index (χ0v) is 14.8. The third-order valence-electron chi connectivity index (χ3n) is 3.44. The van der Waals surface area contributed by atoms with Gasteiger partial charge < -0.3 is 14.8 Å². The van der Waals surface area contributed by atoms with E-state index in [0.29, 0.717) is 10.8 Å². The summed E-state index contributed by atoms with van der Waals surface area (Å²) in [5.41, 5.74) is 2.51. The highest BCUT2D eigenvalue weighted by atomic mass is 32.1. The summed E-state index contributed by atoms with van der Waals surface area (Å²) in [6.45, 7) is -4.23. The largest absolute Gasteiger partial charge is 0.435 e. The third-order valence-corrected chi connectivity index (χ3v) is 4.20. The number of halogens is 4. The molecule has 0 aliphatic carbocycles. The first-order chi connectivity index (χ1) is 12.9. The predicted molar refractivity (Wildman–Crippen MR) is 95.3 cm³/mol. The number of rotatable bonds is 7. The van der Waals surface area contributed by atoms with E-state index in [0.717, 1.165) is 17.3 Å². The maximum atomic E-state index is 12.7. The second kappa shape index (κ2) is 8.26. The molecule has 0 amide bonds. The van der Waals surface area contributed by atoms with E-state index in [9.17, 15) is 17.6 Å². The van der Waals surface area contributed by atoms with Crippen molar-refractivity contribution in [2.75, 3.05) is 5.32 Å². The summed E-state index contributed by atoms with van der Waals surface area (Å²) in [6, 6.07) is 11.2. The molecule has 0 fully saturated rings. The summed E-state index contributed by atoms with van der Waals surface area (Å²) in [4.78, 5) is 4.36. The van der Waals surface area contributed by atoms with Crippen LogP contribution in [-0.2, 0) is 0 Å². The molecule has 0 aliphatic heterocycles. The molecule has 2 aromatic carbocycles. The molecule has 3 aromatic rings. The van der Waals surface area contributed by atoms with Gasteiger partial charge in [0.2, 0.25) is 0 Å². The number of alkyl halides is 4. The monoisotopic (exact) mass is 398 g/mol. The highest BCUT2D eigenvalue weighted by molar-refractivity contribution is 7.14. The van der Waals surface area contributed by atoms with E-state index in [1.807, 2.05) is 31.2 Å². The molecule has 1 N–H and O–H groups in total. The Kier molecular flexibility index (Phi) is 5.80. The minimum absolute atomic E-state index is 0.241. The lowest BCUT2D eigenvalue weighted by Crippen LogP contribution is -2.05. The Morgan fingerprint density at radius 3 is 2.48 bits per heavy atom. The minimum Gasteiger partial charge on any atom is -0.435 e. The molecule has 0 saturated heterocycles. The fourth-order valence-corrected chi connectivity index (χ4v) is 3.12. The molecule has 0 radical (unpaired) electrons. The van der Waals surface area contributed by atoms with E-state index in [-0.39, 0.29) is 17.1 Å². The van der Waals surface area contributed by atoms with Crippen LogP contribution in [0.1, 0.15) is 5.56 Å². The van der Waals surface area contributed by atoms with E-state index in [1.54, 1.807) is 5.38 Å². The summed E-state index contributed by atoms with van der Waals surface area (Å²) in [5.74, 6) is -0.576. The zero-order valence-electron chi connectivity index (χ0n) is 14.0. The number of anilines is 2. The molecule has 1 aromatic heterocycles. The highest BCUT2D eigenvalue weighted by Gasteiger charge is 2.17. The molecule has 0 spiro atoms. The fourth-order valence-electron chi connectivity index (χ4n) is 2.39. The Hall–Kier alpha value is -2.81. The van der Waals surface area contributed by atoms with Crippen molar-refractivity contribution in [3.63, 3.8) is 0 Å². The molecular weight excluding hydrogens is 384 g/mol. The van der Waals surface area contributed by atoms with Crippen LogP contribution in [0, 0.1) is 6.92 Å². The van der Waals surface area contributed by atoms with Gasteiger partial charge in [-0.2, -0.15) is 17.6 Å². The third kappa shape index (κ3) is 5.10. The van der Waals surface area contributed by atoms with Crippen LogP contribution in [0.2, 0.25) is 0 Å². The lowest BCUT2D eigenvalue weighted by molar-refractivity contribution is -0.0540. The van der Waals surface area contributed by atoms with Gasteiger partial charge in [0.05, 0.1) is 5.69 Å². The van der Waals surface area contributed by atoms with Gasteiger partial charge in [-0.25, -0.2) is 4.98 Å². The van der Waals surface area contributed by atoms with E-state index in [4.69, 9.17) is 0 Å². The van der Waals surface area contributed by atoms with Crippen LogP contribution in [0.4, 0.5) is 28.4 Å². The zero-order chi connectivity index (χ0) is 19.4. The average molecular weight is 398 g/mol. The van der Waals surface area contributed by atoms with E-state index < -0.39 is 13.2 Å². The van der Waals surface area contributed by atoms with Crippen LogP contribution < -0.4 is 14.8 Å². The maximum absolute atomic E-state index is 12.7. The van der Waals surface area contributed by atoms with Gasteiger partial charge in [0, 0.05) is 22.7 Å². The van der Waals surface area contributed by atoms with E-state index >= 15 is 0 Å². The summed E-state index contributed by atoms with van der Waals surface area (Å²) < 4.78 is 58.8. The Balaban J connectivity index is 1.87. The van der Waals surface area contributed by atoms with Gasteiger partial charge in [-0.05, 0) is 36.8 Å². The van der Waals surface area contributed by atoms with Crippen molar-refractivity contribution in [1.29, 1.82) is 0 Å². The van der Waals surface area contributed by atoms with Crippen LogP contribution in [0.15, 0.2) is 47.8 Å². The van der Waals surface area contributed by atoms with Gasteiger partial charge in [0.15, 0.2) is 5.13 Å². The lowest BCUT2D eigenvalue weighted by atomic mass is 10.1. The maximum Gasteiger partial charge on any atom is 0.387 e. The number of benzene rings is 2. The molecule has 0 saturated carbocycles. The van der Waals surface area contributed by atoms with Crippen molar-refractivity contribution in [3.8, 4) is 22.8 Å². The first-order valence-corrected chi connectivity index (χ1v) is 8.62. The SMILES string of the molecule is Cc1cccc(Nc2nc(-c3ccc(OC(F)F)cc3OC(F)F)cs2)c1. The summed E-state index contributed by atoms with van der Waals surface area (Å²) in [7, 11) is 0. The van der Waals surface area contributed by atoms with Crippen LogP contribution in [0.25, 0.3) is 11.3 Å². The van der Waals surface area contributed by atoms with Crippen LogP contribution in [0.5, 0.6) is 11.5 Å². The molecule has 1 heterocycles. The van der Waals surface area contributed by atoms with Crippen molar-refractivity contribution in [2.45, 2.75) is 20.1 Å². The number of aryl methyl sites for hydroxylation is 1. The summed E-state index contributed by atoms with van der Waals surface area (Å²) in [5, 5.41) is 5.33. The average Bonchev–Trinajstić information content (AvgIpc) is 3.02. The lowest BCUT2D eigenvalue weighted by Gasteiger charge is -2.12. The van der Waals surface area contributed by atoms with Gasteiger partial charge in [0.1, 0.15) is 11.5 Å². The number of nitrogens with zero attached hydrogens (tertiary/aromatic N) is 1. The Morgan fingerprint density at radius 2 is 1.78 bits per heavy atom. The molecule has 3 rings (SSSR count). The topological polar surface area (TPSA) is 43.4 Å². The van der Waals surface area contributed by atoms with Crippen molar-refractivity contribution in [1.82, 2.24) is 4.98 Å².